The van der Waals surface area contributed by atoms with Gasteiger partial charge in [-0.1, -0.05) is 6.92 Å². The fraction of sp³-hybridized carbons (Fsp3) is 0.815. The van der Waals surface area contributed by atoms with Crippen molar-refractivity contribution < 1.29 is 9.90 Å². The summed E-state index contributed by atoms with van der Waals surface area (Å²) in [5, 5.41) is 24.0. The molecule has 5 heteroatoms. The van der Waals surface area contributed by atoms with Crippen molar-refractivity contribution >= 4 is 5.78 Å². The molecule has 5 saturated carbocycles. The first-order chi connectivity index (χ1) is 15.3. The highest BCUT2D eigenvalue weighted by atomic mass is 16.3. The first kappa shape index (κ1) is 20.9. The molecule has 32 heavy (non-hydrogen) atoms. The standard InChI is InChI=1S/C27H37N3O2/c1-15-7-22-19-5-6-27(2,32)10-17(19)3-4-20(22)23-9-18-8-21(18)26(25(15)23)24(31)14-30-13-16(11-28)12-29-30/h12-13,15,17-23,25-26,32H,3-10,14H2,1-2H3/t15-,17-,18-,19+,20-,21-,22-,23+,25+,26-,27-/m1/s1. The Bertz CT molecular complexity index is 945. The van der Waals surface area contributed by atoms with E-state index in [0.717, 1.165) is 36.5 Å². The molecule has 0 saturated heterocycles. The minimum atomic E-state index is -0.460. The van der Waals surface area contributed by atoms with Gasteiger partial charge < -0.3 is 5.11 Å². The summed E-state index contributed by atoms with van der Waals surface area (Å²) >= 11 is 0. The summed E-state index contributed by atoms with van der Waals surface area (Å²) in [4.78, 5) is 13.6. The van der Waals surface area contributed by atoms with Crippen molar-refractivity contribution in [3.8, 4) is 6.07 Å². The second kappa shape index (κ2) is 7.42. The zero-order valence-corrected chi connectivity index (χ0v) is 19.5. The molecule has 5 aliphatic carbocycles. The summed E-state index contributed by atoms with van der Waals surface area (Å²) in [6.45, 7) is 4.79. The SMILES string of the molecule is C[C@@H]1C[C@H]2[C@@H](CC[C@@H]3C[C@](C)(O)CC[C@@H]32)[C@@H]2C[C@H]3C[C@H]3[C@H](C(=O)Cn3cc(C#N)cn3)[C@H]21. The Morgan fingerprint density at radius 2 is 1.97 bits per heavy atom. The maximum atomic E-state index is 13.6. The average molecular weight is 436 g/mol. The van der Waals surface area contributed by atoms with Gasteiger partial charge in [-0.3, -0.25) is 9.48 Å². The van der Waals surface area contributed by atoms with Gasteiger partial charge in [-0.15, -0.1) is 0 Å². The van der Waals surface area contributed by atoms with Gasteiger partial charge in [0.25, 0.3) is 0 Å². The second-order valence-electron chi connectivity index (χ2n) is 12.4. The number of aromatic nitrogens is 2. The monoisotopic (exact) mass is 435 g/mol. The topological polar surface area (TPSA) is 78.9 Å². The van der Waals surface area contributed by atoms with Crippen LogP contribution in [0.25, 0.3) is 0 Å². The quantitative estimate of drug-likeness (QED) is 0.761. The van der Waals surface area contributed by atoms with Gasteiger partial charge in [0.05, 0.1) is 23.9 Å². The Kier molecular flexibility index (Phi) is 4.85. The van der Waals surface area contributed by atoms with E-state index in [-0.39, 0.29) is 5.92 Å². The van der Waals surface area contributed by atoms with E-state index in [1.54, 1.807) is 17.1 Å². The Labute approximate surface area is 191 Å². The van der Waals surface area contributed by atoms with Crippen LogP contribution in [0.15, 0.2) is 12.4 Å². The fourth-order valence-corrected chi connectivity index (χ4v) is 9.32. The number of carbonyl (C=O) groups is 1. The van der Waals surface area contributed by atoms with Crippen molar-refractivity contribution in [3.05, 3.63) is 18.0 Å². The average Bonchev–Trinajstić information content (AvgIpc) is 3.39. The van der Waals surface area contributed by atoms with Crippen molar-refractivity contribution in [1.82, 2.24) is 9.78 Å². The smallest absolute Gasteiger partial charge is 0.157 e. The Balaban J connectivity index is 1.23. The number of rotatable bonds is 3. The molecule has 6 rings (SSSR count). The van der Waals surface area contributed by atoms with E-state index in [2.05, 4.69) is 18.1 Å². The van der Waals surface area contributed by atoms with Crippen LogP contribution in [0.3, 0.4) is 0 Å². The molecule has 0 aromatic carbocycles. The number of nitriles is 1. The lowest BCUT2D eigenvalue weighted by Crippen LogP contribution is -2.53. The summed E-state index contributed by atoms with van der Waals surface area (Å²) in [5.74, 6) is 6.81. The molecule has 172 valence electrons. The highest BCUT2D eigenvalue weighted by molar-refractivity contribution is 5.82. The lowest BCUT2D eigenvalue weighted by Gasteiger charge is -2.58. The number of nitrogens with zero attached hydrogens (tertiary/aromatic N) is 3. The van der Waals surface area contributed by atoms with Crippen molar-refractivity contribution in [3.63, 3.8) is 0 Å². The van der Waals surface area contributed by atoms with Crippen LogP contribution in [0.1, 0.15) is 70.8 Å². The van der Waals surface area contributed by atoms with Gasteiger partial charge in [-0.2, -0.15) is 10.4 Å². The first-order valence-electron chi connectivity index (χ1n) is 13.0. The van der Waals surface area contributed by atoms with Crippen LogP contribution in [0.5, 0.6) is 0 Å². The molecule has 0 bridgehead atoms. The van der Waals surface area contributed by atoms with E-state index in [4.69, 9.17) is 5.26 Å². The number of fused-ring (bicyclic) bond motifs is 6. The predicted octanol–water partition coefficient (Wildman–Crippen LogP) is 4.45. The van der Waals surface area contributed by atoms with Gasteiger partial charge in [0.2, 0.25) is 0 Å². The van der Waals surface area contributed by atoms with Crippen LogP contribution >= 0.6 is 0 Å². The predicted molar refractivity (Wildman–Crippen MR) is 120 cm³/mol. The number of hydrogen-bond acceptors (Lipinski definition) is 4. The van der Waals surface area contributed by atoms with Gasteiger partial charge in [0.15, 0.2) is 5.78 Å². The van der Waals surface area contributed by atoms with E-state index in [0.29, 0.717) is 47.5 Å². The lowest BCUT2D eigenvalue weighted by atomic mass is 9.47. The molecular formula is C27H37N3O2. The summed E-state index contributed by atoms with van der Waals surface area (Å²) in [7, 11) is 0. The van der Waals surface area contributed by atoms with Crippen LogP contribution in [0.4, 0.5) is 0 Å². The number of aliphatic hydroxyl groups is 1. The molecule has 0 radical (unpaired) electrons. The molecule has 5 fully saturated rings. The summed E-state index contributed by atoms with van der Waals surface area (Å²) in [5.41, 5.74) is 0.0684. The minimum absolute atomic E-state index is 0.189. The van der Waals surface area contributed by atoms with E-state index in [1.165, 1.54) is 38.5 Å². The first-order valence-corrected chi connectivity index (χ1v) is 13.0. The molecule has 5 aliphatic rings. The third kappa shape index (κ3) is 3.36. The molecule has 5 nitrogen and oxygen atoms in total. The molecule has 0 unspecified atom stereocenters. The number of carbonyl (C=O) groups excluding carboxylic acids is 1. The van der Waals surface area contributed by atoms with Crippen LogP contribution < -0.4 is 0 Å². The highest BCUT2D eigenvalue weighted by Gasteiger charge is 2.61. The molecular weight excluding hydrogens is 398 g/mol. The Hall–Kier alpha value is -1.67. The van der Waals surface area contributed by atoms with Crippen molar-refractivity contribution in [2.75, 3.05) is 0 Å². The number of ketones is 1. The summed E-state index contributed by atoms with van der Waals surface area (Å²) < 4.78 is 1.68. The Morgan fingerprint density at radius 1 is 1.16 bits per heavy atom. The third-order valence-corrected chi connectivity index (χ3v) is 10.5. The zero-order chi connectivity index (χ0) is 22.2. The maximum Gasteiger partial charge on any atom is 0.157 e. The summed E-state index contributed by atoms with van der Waals surface area (Å²) in [6.07, 6.45) is 12.9. The maximum absolute atomic E-state index is 13.6. The number of hydrogen-bond donors (Lipinski definition) is 1. The fourth-order valence-electron chi connectivity index (χ4n) is 9.32. The third-order valence-electron chi connectivity index (χ3n) is 10.5. The molecule has 0 aliphatic heterocycles. The molecule has 1 aromatic rings. The van der Waals surface area contributed by atoms with Gasteiger partial charge in [-0.05, 0) is 112 Å². The van der Waals surface area contributed by atoms with Gasteiger partial charge >= 0.3 is 0 Å². The minimum Gasteiger partial charge on any atom is -0.390 e. The van der Waals surface area contributed by atoms with Crippen molar-refractivity contribution in [2.45, 2.75) is 77.4 Å². The number of Topliss-reactive ketones (excluding diaryl/α,β-unsaturated/α-hetero) is 1. The molecule has 1 aromatic heterocycles. The van der Waals surface area contributed by atoms with Crippen LogP contribution in [0.2, 0.25) is 0 Å². The van der Waals surface area contributed by atoms with Gasteiger partial charge in [0, 0.05) is 12.1 Å². The molecule has 11 atom stereocenters. The molecule has 0 spiro atoms. The lowest BCUT2D eigenvalue weighted by molar-refractivity contribution is -0.140. The second-order valence-corrected chi connectivity index (χ2v) is 12.4. The summed E-state index contributed by atoms with van der Waals surface area (Å²) in [6, 6.07) is 2.12. The van der Waals surface area contributed by atoms with Crippen molar-refractivity contribution in [1.29, 1.82) is 5.26 Å². The van der Waals surface area contributed by atoms with Gasteiger partial charge in [-0.25, -0.2) is 0 Å². The van der Waals surface area contributed by atoms with Crippen LogP contribution in [0, 0.1) is 70.5 Å². The van der Waals surface area contributed by atoms with Gasteiger partial charge in [0.1, 0.15) is 6.07 Å². The molecule has 0 amide bonds. The van der Waals surface area contributed by atoms with Crippen LogP contribution in [-0.4, -0.2) is 26.3 Å². The zero-order valence-electron chi connectivity index (χ0n) is 19.5. The highest BCUT2D eigenvalue weighted by Crippen LogP contribution is 2.66. The normalized spacial score (nSPS) is 49.1. The van der Waals surface area contributed by atoms with E-state index in [1.807, 2.05) is 6.92 Å². The van der Waals surface area contributed by atoms with E-state index >= 15 is 0 Å². The Morgan fingerprint density at radius 3 is 2.75 bits per heavy atom. The van der Waals surface area contributed by atoms with E-state index < -0.39 is 5.60 Å². The van der Waals surface area contributed by atoms with Crippen LogP contribution in [-0.2, 0) is 11.3 Å². The largest absolute Gasteiger partial charge is 0.390 e. The molecule has 1 heterocycles. The van der Waals surface area contributed by atoms with E-state index in [9.17, 15) is 9.90 Å². The van der Waals surface area contributed by atoms with Crippen molar-refractivity contribution in [2.24, 2.45) is 59.2 Å². The molecule has 1 N–H and O–H groups in total.